The Morgan fingerprint density at radius 2 is 1.91 bits per heavy atom. The molecule has 1 aromatic rings. The van der Waals surface area contributed by atoms with Crippen molar-refractivity contribution >= 4 is 39.6 Å². The van der Waals surface area contributed by atoms with Crippen LogP contribution >= 0.6 is 27.7 Å². The molecule has 1 aliphatic carbocycles. The zero-order valence-corrected chi connectivity index (χ0v) is 14.7. The van der Waals surface area contributed by atoms with Crippen molar-refractivity contribution < 1.29 is 14.7 Å². The summed E-state index contributed by atoms with van der Waals surface area (Å²) in [6.07, 6.45) is 3.32. The minimum atomic E-state index is -0.713. The van der Waals surface area contributed by atoms with Crippen LogP contribution in [0.3, 0.4) is 0 Å². The van der Waals surface area contributed by atoms with Gasteiger partial charge in [0.05, 0.1) is 5.92 Å². The Morgan fingerprint density at radius 1 is 1.23 bits per heavy atom. The van der Waals surface area contributed by atoms with Crippen molar-refractivity contribution in [2.75, 3.05) is 5.75 Å². The van der Waals surface area contributed by atoms with Crippen LogP contribution < -0.4 is 5.32 Å². The van der Waals surface area contributed by atoms with Gasteiger partial charge in [-0.15, -0.1) is 11.8 Å². The number of halogens is 1. The maximum absolute atomic E-state index is 11.9. The first-order chi connectivity index (χ1) is 10.6. The summed E-state index contributed by atoms with van der Waals surface area (Å²) < 4.78 is 1.05. The smallest absolute Gasteiger partial charge is 0.306 e. The minimum absolute atomic E-state index is 0.0540. The van der Waals surface area contributed by atoms with Gasteiger partial charge in [0.15, 0.2) is 0 Å². The summed E-state index contributed by atoms with van der Waals surface area (Å²) in [4.78, 5) is 24.0. The number of benzene rings is 1. The number of hydrogen-bond donors (Lipinski definition) is 2. The van der Waals surface area contributed by atoms with Gasteiger partial charge in [0.1, 0.15) is 0 Å². The van der Waals surface area contributed by atoms with E-state index in [4.69, 9.17) is 5.11 Å². The minimum Gasteiger partial charge on any atom is -0.481 e. The van der Waals surface area contributed by atoms with Crippen LogP contribution in [0, 0.1) is 5.92 Å². The van der Waals surface area contributed by atoms with E-state index in [1.807, 2.05) is 24.3 Å². The summed E-state index contributed by atoms with van der Waals surface area (Å²) in [6.45, 7) is 0. The molecular formula is C16H20BrNO3S. The van der Waals surface area contributed by atoms with Crippen molar-refractivity contribution in [2.45, 2.75) is 43.0 Å². The molecule has 6 heteroatoms. The zero-order valence-electron chi connectivity index (χ0n) is 12.3. The monoisotopic (exact) mass is 385 g/mol. The Morgan fingerprint density at radius 3 is 2.55 bits per heavy atom. The summed E-state index contributed by atoms with van der Waals surface area (Å²) in [5.74, 6) is -0.161. The van der Waals surface area contributed by atoms with Gasteiger partial charge in [-0.3, -0.25) is 9.59 Å². The molecule has 120 valence electrons. The molecule has 0 saturated heterocycles. The lowest BCUT2D eigenvalue weighted by Gasteiger charge is -2.26. The van der Waals surface area contributed by atoms with Crippen molar-refractivity contribution in [3.05, 3.63) is 28.7 Å². The van der Waals surface area contributed by atoms with Crippen LogP contribution in [0.4, 0.5) is 0 Å². The van der Waals surface area contributed by atoms with Crippen LogP contribution in [0.1, 0.15) is 32.1 Å². The fraction of sp³-hybridized carbons (Fsp3) is 0.500. The summed E-state index contributed by atoms with van der Waals surface area (Å²) in [7, 11) is 0. The predicted molar refractivity (Wildman–Crippen MR) is 91.0 cm³/mol. The fourth-order valence-corrected chi connectivity index (χ4v) is 4.12. The van der Waals surface area contributed by atoms with Gasteiger partial charge in [0.2, 0.25) is 5.91 Å². The van der Waals surface area contributed by atoms with Crippen LogP contribution in [0.2, 0.25) is 0 Å². The van der Waals surface area contributed by atoms with Gasteiger partial charge in [-0.1, -0.05) is 12.1 Å². The molecule has 1 aliphatic rings. The number of carbonyl (C=O) groups excluding carboxylic acids is 1. The molecule has 0 aliphatic heterocycles. The number of aliphatic carboxylic acids is 1. The molecule has 0 unspecified atom stereocenters. The van der Waals surface area contributed by atoms with Gasteiger partial charge in [-0.05, 0) is 53.7 Å². The van der Waals surface area contributed by atoms with E-state index < -0.39 is 5.97 Å². The normalized spacial score (nSPS) is 21.3. The highest BCUT2D eigenvalue weighted by atomic mass is 79.9. The molecule has 22 heavy (non-hydrogen) atoms. The first-order valence-electron chi connectivity index (χ1n) is 7.45. The molecule has 1 aromatic carbocycles. The molecule has 0 aromatic heterocycles. The van der Waals surface area contributed by atoms with Crippen molar-refractivity contribution in [1.82, 2.24) is 5.32 Å². The first-order valence-corrected chi connectivity index (χ1v) is 9.23. The molecule has 2 rings (SSSR count). The third kappa shape index (κ3) is 5.32. The van der Waals surface area contributed by atoms with Gasteiger partial charge >= 0.3 is 5.97 Å². The van der Waals surface area contributed by atoms with E-state index >= 15 is 0 Å². The first kappa shape index (κ1) is 17.3. The van der Waals surface area contributed by atoms with Gasteiger partial charge < -0.3 is 10.4 Å². The second-order valence-electron chi connectivity index (χ2n) is 5.48. The third-order valence-electron chi connectivity index (χ3n) is 3.86. The Labute approximate surface area is 143 Å². The van der Waals surface area contributed by atoms with Gasteiger partial charge in [0.25, 0.3) is 0 Å². The third-order valence-corrected chi connectivity index (χ3v) is 5.89. The number of amides is 1. The van der Waals surface area contributed by atoms with Gasteiger partial charge in [-0.2, -0.15) is 0 Å². The van der Waals surface area contributed by atoms with Crippen LogP contribution in [0.15, 0.2) is 33.6 Å². The van der Waals surface area contributed by atoms with Crippen molar-refractivity contribution in [3.63, 3.8) is 0 Å². The summed E-state index contributed by atoms with van der Waals surface area (Å²) in [5.41, 5.74) is 0. The van der Waals surface area contributed by atoms with Gasteiger partial charge in [-0.25, -0.2) is 0 Å². The molecule has 4 nitrogen and oxygen atoms in total. The Bertz CT molecular complexity index is 530. The largest absolute Gasteiger partial charge is 0.481 e. The number of nitrogens with one attached hydrogen (secondary N) is 1. The Kier molecular flexibility index (Phi) is 6.76. The van der Waals surface area contributed by atoms with E-state index in [1.165, 1.54) is 0 Å². The van der Waals surface area contributed by atoms with E-state index in [2.05, 4.69) is 21.2 Å². The summed E-state index contributed by atoms with van der Waals surface area (Å²) >= 11 is 5.15. The lowest BCUT2D eigenvalue weighted by atomic mass is 9.86. The highest BCUT2D eigenvalue weighted by Crippen LogP contribution is 2.27. The molecule has 0 bridgehead atoms. The lowest BCUT2D eigenvalue weighted by molar-refractivity contribution is -0.142. The van der Waals surface area contributed by atoms with E-state index in [1.54, 1.807) is 11.8 Å². The highest BCUT2D eigenvalue weighted by Gasteiger charge is 2.26. The van der Waals surface area contributed by atoms with Crippen LogP contribution in [-0.2, 0) is 9.59 Å². The molecule has 1 saturated carbocycles. The number of thioether (sulfide) groups is 1. The number of hydrogen-bond acceptors (Lipinski definition) is 3. The molecule has 1 fully saturated rings. The maximum Gasteiger partial charge on any atom is 0.306 e. The molecule has 0 heterocycles. The van der Waals surface area contributed by atoms with Crippen LogP contribution in [-0.4, -0.2) is 28.8 Å². The summed E-state index contributed by atoms with van der Waals surface area (Å²) in [6, 6.07) is 8.10. The predicted octanol–water partition coefficient (Wildman–Crippen LogP) is 3.69. The number of carboxylic acid groups (broad SMARTS) is 1. The second-order valence-corrected chi connectivity index (χ2v) is 7.47. The number of carbonyl (C=O) groups is 2. The van der Waals surface area contributed by atoms with E-state index in [0.717, 1.165) is 28.0 Å². The highest BCUT2D eigenvalue weighted by molar-refractivity contribution is 9.10. The average Bonchev–Trinajstić information content (AvgIpc) is 2.50. The van der Waals surface area contributed by atoms with E-state index in [-0.39, 0.29) is 17.9 Å². The topological polar surface area (TPSA) is 66.4 Å². The number of carboxylic acids is 1. The zero-order chi connectivity index (χ0) is 15.9. The number of rotatable bonds is 6. The van der Waals surface area contributed by atoms with Crippen LogP contribution in [0.25, 0.3) is 0 Å². The maximum atomic E-state index is 11.9. The Hall–Kier alpha value is -1.01. The second kappa shape index (κ2) is 8.58. The fourth-order valence-electron chi connectivity index (χ4n) is 2.60. The molecule has 1 amide bonds. The Balaban J connectivity index is 1.66. The van der Waals surface area contributed by atoms with Crippen molar-refractivity contribution in [3.8, 4) is 0 Å². The molecule has 0 atom stereocenters. The van der Waals surface area contributed by atoms with E-state index in [9.17, 15) is 9.59 Å². The average molecular weight is 386 g/mol. The van der Waals surface area contributed by atoms with Crippen LogP contribution in [0.5, 0.6) is 0 Å². The molecule has 2 N–H and O–H groups in total. The van der Waals surface area contributed by atoms with E-state index in [0.29, 0.717) is 19.3 Å². The lowest BCUT2D eigenvalue weighted by Crippen LogP contribution is -2.38. The molecule has 0 spiro atoms. The quantitative estimate of drug-likeness (QED) is 0.732. The summed E-state index contributed by atoms with van der Waals surface area (Å²) in [5, 5.41) is 12.0. The van der Waals surface area contributed by atoms with Crippen molar-refractivity contribution in [1.29, 1.82) is 0 Å². The molecular weight excluding hydrogens is 366 g/mol. The standard InChI is InChI=1S/C16H20BrNO3S/c17-13-3-1-2-4-14(13)22-10-9-15(19)18-12-7-5-11(6-8-12)16(20)21/h1-4,11-12H,5-10H2,(H,18,19)(H,20,21). The SMILES string of the molecule is O=C(CCSc1ccccc1Br)NC1CCC(C(=O)O)CC1. The van der Waals surface area contributed by atoms with Gasteiger partial charge in [0, 0.05) is 27.6 Å². The van der Waals surface area contributed by atoms with Crippen molar-refractivity contribution in [2.24, 2.45) is 5.92 Å². The molecule has 0 radical (unpaired) electrons.